The van der Waals surface area contributed by atoms with Crippen LogP contribution in [0.4, 0.5) is 11.4 Å². The maximum atomic E-state index is 5.91. The molecule has 1 aromatic carbocycles. The SMILES string of the molecule is COC(C)CNc1ccc(N)c2cnccc12. The van der Waals surface area contributed by atoms with Gasteiger partial charge in [-0.3, -0.25) is 4.98 Å². The quantitative estimate of drug-likeness (QED) is 0.792. The fourth-order valence-corrected chi connectivity index (χ4v) is 1.70. The molecule has 0 spiro atoms. The second-order valence-corrected chi connectivity index (χ2v) is 4.05. The van der Waals surface area contributed by atoms with E-state index in [0.29, 0.717) is 0 Å². The molecule has 0 bridgehead atoms. The number of anilines is 2. The van der Waals surface area contributed by atoms with E-state index < -0.39 is 0 Å². The van der Waals surface area contributed by atoms with Gasteiger partial charge in [0, 0.05) is 48.2 Å². The van der Waals surface area contributed by atoms with Crippen molar-refractivity contribution in [2.24, 2.45) is 0 Å². The summed E-state index contributed by atoms with van der Waals surface area (Å²) in [4.78, 5) is 4.09. The molecule has 0 aliphatic heterocycles. The summed E-state index contributed by atoms with van der Waals surface area (Å²) in [5.74, 6) is 0. The van der Waals surface area contributed by atoms with Gasteiger partial charge in [-0.05, 0) is 25.1 Å². The number of nitrogen functional groups attached to an aromatic ring is 1. The van der Waals surface area contributed by atoms with E-state index in [1.165, 1.54) is 0 Å². The number of hydrogen-bond donors (Lipinski definition) is 2. The number of methoxy groups -OCH3 is 1. The van der Waals surface area contributed by atoms with Gasteiger partial charge in [0.15, 0.2) is 0 Å². The summed E-state index contributed by atoms with van der Waals surface area (Å²) < 4.78 is 5.21. The van der Waals surface area contributed by atoms with E-state index in [9.17, 15) is 0 Å². The van der Waals surface area contributed by atoms with Crippen LogP contribution < -0.4 is 11.1 Å². The lowest BCUT2D eigenvalue weighted by Crippen LogP contribution is -2.18. The van der Waals surface area contributed by atoms with Crippen molar-refractivity contribution in [3.63, 3.8) is 0 Å². The van der Waals surface area contributed by atoms with Gasteiger partial charge in [0.1, 0.15) is 0 Å². The first-order chi connectivity index (χ1) is 8.22. The molecule has 17 heavy (non-hydrogen) atoms. The Kier molecular flexibility index (Phi) is 3.44. The van der Waals surface area contributed by atoms with Gasteiger partial charge in [-0.15, -0.1) is 0 Å². The van der Waals surface area contributed by atoms with Gasteiger partial charge in [0.2, 0.25) is 0 Å². The number of ether oxygens (including phenoxy) is 1. The zero-order chi connectivity index (χ0) is 12.3. The average molecular weight is 231 g/mol. The molecular formula is C13H17N3O. The van der Waals surface area contributed by atoms with Gasteiger partial charge in [0.25, 0.3) is 0 Å². The second kappa shape index (κ2) is 5.01. The molecule has 4 nitrogen and oxygen atoms in total. The van der Waals surface area contributed by atoms with Crippen LogP contribution in [0.15, 0.2) is 30.6 Å². The van der Waals surface area contributed by atoms with Gasteiger partial charge < -0.3 is 15.8 Å². The summed E-state index contributed by atoms with van der Waals surface area (Å²) in [6.07, 6.45) is 3.73. The lowest BCUT2D eigenvalue weighted by atomic mass is 10.1. The molecular weight excluding hydrogens is 214 g/mol. The van der Waals surface area contributed by atoms with Crippen LogP contribution in [0.1, 0.15) is 6.92 Å². The van der Waals surface area contributed by atoms with Crippen molar-refractivity contribution >= 4 is 22.1 Å². The number of aromatic nitrogens is 1. The lowest BCUT2D eigenvalue weighted by Gasteiger charge is -2.14. The number of fused-ring (bicyclic) bond motifs is 1. The molecule has 2 aromatic rings. The summed E-state index contributed by atoms with van der Waals surface area (Å²) in [6.45, 7) is 2.78. The van der Waals surface area contributed by atoms with E-state index in [1.54, 1.807) is 19.5 Å². The zero-order valence-corrected chi connectivity index (χ0v) is 10.1. The molecule has 0 saturated carbocycles. The highest BCUT2D eigenvalue weighted by Crippen LogP contribution is 2.27. The number of nitrogens with two attached hydrogens (primary N) is 1. The van der Waals surface area contributed by atoms with Crippen LogP contribution in [0.25, 0.3) is 10.8 Å². The van der Waals surface area contributed by atoms with Gasteiger partial charge in [-0.1, -0.05) is 0 Å². The first-order valence-electron chi connectivity index (χ1n) is 5.61. The average Bonchev–Trinajstić information content (AvgIpc) is 2.38. The Labute approximate surface area is 101 Å². The topological polar surface area (TPSA) is 60.2 Å². The molecule has 0 fully saturated rings. The van der Waals surface area contributed by atoms with E-state index in [2.05, 4.69) is 10.3 Å². The van der Waals surface area contributed by atoms with E-state index >= 15 is 0 Å². The highest BCUT2D eigenvalue weighted by atomic mass is 16.5. The molecule has 0 aliphatic carbocycles. The number of nitrogens with one attached hydrogen (secondary N) is 1. The molecule has 0 saturated heterocycles. The third-order valence-corrected chi connectivity index (χ3v) is 2.83. The summed E-state index contributed by atoms with van der Waals surface area (Å²) in [7, 11) is 1.71. The molecule has 3 N–H and O–H groups in total. The minimum Gasteiger partial charge on any atom is -0.398 e. The lowest BCUT2D eigenvalue weighted by molar-refractivity contribution is 0.129. The molecule has 1 heterocycles. The molecule has 0 radical (unpaired) electrons. The highest BCUT2D eigenvalue weighted by Gasteiger charge is 2.05. The van der Waals surface area contributed by atoms with Crippen molar-refractivity contribution in [1.82, 2.24) is 4.98 Å². The van der Waals surface area contributed by atoms with Crippen LogP contribution in [0.3, 0.4) is 0 Å². The Balaban J connectivity index is 2.32. The third kappa shape index (κ3) is 2.47. The van der Waals surface area contributed by atoms with Crippen LogP contribution >= 0.6 is 0 Å². The Morgan fingerprint density at radius 1 is 1.35 bits per heavy atom. The van der Waals surface area contributed by atoms with Crippen LogP contribution in [-0.2, 0) is 4.74 Å². The third-order valence-electron chi connectivity index (χ3n) is 2.83. The van der Waals surface area contributed by atoms with Crippen molar-refractivity contribution in [2.75, 3.05) is 24.7 Å². The van der Waals surface area contributed by atoms with Crippen molar-refractivity contribution < 1.29 is 4.74 Å². The van der Waals surface area contributed by atoms with Gasteiger partial charge in [0.05, 0.1) is 6.10 Å². The minimum absolute atomic E-state index is 0.171. The van der Waals surface area contributed by atoms with Crippen molar-refractivity contribution in [3.05, 3.63) is 30.6 Å². The van der Waals surface area contributed by atoms with Crippen molar-refractivity contribution in [3.8, 4) is 0 Å². The number of benzene rings is 1. The van der Waals surface area contributed by atoms with Gasteiger partial charge in [-0.2, -0.15) is 0 Å². The van der Waals surface area contributed by atoms with Crippen LogP contribution in [0, 0.1) is 0 Å². The molecule has 2 rings (SSSR count). The molecule has 1 aromatic heterocycles. The monoisotopic (exact) mass is 231 g/mol. The molecule has 1 atom stereocenters. The van der Waals surface area contributed by atoms with Crippen LogP contribution in [-0.4, -0.2) is 24.7 Å². The Bertz CT molecular complexity index is 513. The standard InChI is InChI=1S/C13H17N3O/c1-9(17-2)7-16-13-4-3-12(14)11-8-15-6-5-10(11)13/h3-6,8-9,16H,7,14H2,1-2H3. The molecule has 0 amide bonds. The Morgan fingerprint density at radius 2 is 2.18 bits per heavy atom. The number of nitrogens with zero attached hydrogens (tertiary/aromatic N) is 1. The highest BCUT2D eigenvalue weighted by molar-refractivity contribution is 6.00. The van der Waals surface area contributed by atoms with Crippen molar-refractivity contribution in [2.45, 2.75) is 13.0 Å². The predicted octanol–water partition coefficient (Wildman–Crippen LogP) is 2.26. The Hall–Kier alpha value is -1.81. The Morgan fingerprint density at radius 3 is 2.94 bits per heavy atom. The van der Waals surface area contributed by atoms with E-state index in [1.807, 2.05) is 25.1 Å². The maximum Gasteiger partial charge on any atom is 0.0715 e. The maximum absolute atomic E-state index is 5.91. The first kappa shape index (κ1) is 11.7. The number of hydrogen-bond acceptors (Lipinski definition) is 4. The molecule has 4 heteroatoms. The molecule has 0 aliphatic rings. The zero-order valence-electron chi connectivity index (χ0n) is 10.1. The van der Waals surface area contributed by atoms with Gasteiger partial charge >= 0.3 is 0 Å². The smallest absolute Gasteiger partial charge is 0.0715 e. The number of pyridine rings is 1. The largest absolute Gasteiger partial charge is 0.398 e. The summed E-state index contributed by atoms with van der Waals surface area (Å²) in [6, 6.07) is 5.84. The first-order valence-corrected chi connectivity index (χ1v) is 5.61. The fourth-order valence-electron chi connectivity index (χ4n) is 1.70. The van der Waals surface area contributed by atoms with Crippen LogP contribution in [0.5, 0.6) is 0 Å². The fraction of sp³-hybridized carbons (Fsp3) is 0.308. The van der Waals surface area contributed by atoms with Crippen LogP contribution in [0.2, 0.25) is 0 Å². The molecule has 1 unspecified atom stereocenters. The molecule has 90 valence electrons. The summed E-state index contributed by atoms with van der Waals surface area (Å²) >= 11 is 0. The minimum atomic E-state index is 0.171. The second-order valence-electron chi connectivity index (χ2n) is 4.05. The normalized spacial score (nSPS) is 12.6. The van der Waals surface area contributed by atoms with Gasteiger partial charge in [-0.25, -0.2) is 0 Å². The van der Waals surface area contributed by atoms with E-state index in [4.69, 9.17) is 10.5 Å². The summed E-state index contributed by atoms with van der Waals surface area (Å²) in [5.41, 5.74) is 7.72. The number of rotatable bonds is 4. The summed E-state index contributed by atoms with van der Waals surface area (Å²) in [5, 5.41) is 5.42. The van der Waals surface area contributed by atoms with E-state index in [0.717, 1.165) is 28.7 Å². The predicted molar refractivity (Wildman–Crippen MR) is 71.1 cm³/mol. The van der Waals surface area contributed by atoms with E-state index in [-0.39, 0.29) is 6.10 Å². The van der Waals surface area contributed by atoms with Crippen molar-refractivity contribution in [1.29, 1.82) is 0 Å².